The molecule has 3 rings (SSSR count). The van der Waals surface area contributed by atoms with Gasteiger partial charge in [-0.25, -0.2) is 9.97 Å². The van der Waals surface area contributed by atoms with Gasteiger partial charge in [0, 0.05) is 0 Å². The van der Waals surface area contributed by atoms with Crippen LogP contribution >= 0.6 is 11.8 Å². The van der Waals surface area contributed by atoms with E-state index in [1.165, 1.54) is 11.8 Å². The van der Waals surface area contributed by atoms with E-state index >= 15 is 0 Å². The molecule has 0 bridgehead atoms. The zero-order valence-corrected chi connectivity index (χ0v) is 11.3. The maximum Gasteiger partial charge on any atom is 0.197 e. The van der Waals surface area contributed by atoms with Crippen molar-refractivity contribution in [2.45, 2.75) is 5.03 Å². The normalized spacial score (nSPS) is 10.4. The Kier molecular flexibility index (Phi) is 3.27. The molecule has 98 valence electrons. The summed E-state index contributed by atoms with van der Waals surface area (Å²) < 4.78 is 10.7. The van der Waals surface area contributed by atoms with E-state index in [0.29, 0.717) is 33.6 Å². The van der Waals surface area contributed by atoms with Crippen LogP contribution in [0.2, 0.25) is 0 Å². The van der Waals surface area contributed by atoms with Crippen molar-refractivity contribution in [2.75, 3.05) is 6.26 Å². The average Bonchev–Trinajstić information content (AvgIpc) is 3.18. The second-order valence-electron chi connectivity index (χ2n) is 3.85. The Hall–Kier alpha value is -2.52. The van der Waals surface area contributed by atoms with E-state index in [-0.39, 0.29) is 0 Å². The monoisotopic (exact) mass is 283 g/mol. The van der Waals surface area contributed by atoms with E-state index in [0.717, 1.165) is 0 Å². The molecule has 0 aliphatic heterocycles. The average molecular weight is 283 g/mol. The molecular formula is C14H9N3O2S. The van der Waals surface area contributed by atoms with Crippen molar-refractivity contribution in [3.8, 4) is 29.1 Å². The first-order valence-electron chi connectivity index (χ1n) is 5.77. The van der Waals surface area contributed by atoms with Crippen LogP contribution in [0.5, 0.6) is 0 Å². The van der Waals surface area contributed by atoms with E-state index in [1.807, 2.05) is 6.26 Å². The molecule has 0 amide bonds. The summed E-state index contributed by atoms with van der Waals surface area (Å²) in [6.07, 6.45) is 4.97. The second-order valence-corrected chi connectivity index (χ2v) is 4.64. The molecule has 0 spiro atoms. The predicted molar refractivity (Wildman–Crippen MR) is 73.9 cm³/mol. The highest BCUT2D eigenvalue weighted by Crippen LogP contribution is 2.30. The fourth-order valence-corrected chi connectivity index (χ4v) is 2.32. The highest BCUT2D eigenvalue weighted by molar-refractivity contribution is 7.98. The van der Waals surface area contributed by atoms with Crippen molar-refractivity contribution in [3.63, 3.8) is 0 Å². The van der Waals surface area contributed by atoms with E-state index in [1.54, 1.807) is 36.8 Å². The van der Waals surface area contributed by atoms with Crippen molar-refractivity contribution in [1.29, 1.82) is 5.26 Å². The zero-order valence-electron chi connectivity index (χ0n) is 10.5. The third kappa shape index (κ3) is 2.08. The molecule has 0 radical (unpaired) electrons. The number of furan rings is 2. The van der Waals surface area contributed by atoms with Crippen LogP contribution in [0.1, 0.15) is 5.56 Å². The first-order chi connectivity index (χ1) is 9.83. The molecule has 3 heterocycles. The molecule has 0 unspecified atom stereocenters. The van der Waals surface area contributed by atoms with Crippen molar-refractivity contribution >= 4 is 11.8 Å². The number of nitriles is 1. The van der Waals surface area contributed by atoms with Crippen LogP contribution < -0.4 is 0 Å². The number of aromatic nitrogens is 2. The van der Waals surface area contributed by atoms with Crippen LogP contribution in [0.4, 0.5) is 0 Å². The lowest BCUT2D eigenvalue weighted by Gasteiger charge is -2.06. The Morgan fingerprint density at radius 2 is 1.80 bits per heavy atom. The molecule has 3 aromatic heterocycles. The summed E-state index contributed by atoms with van der Waals surface area (Å²) in [4.78, 5) is 8.77. The lowest BCUT2D eigenvalue weighted by molar-refractivity contribution is 0.572. The zero-order chi connectivity index (χ0) is 13.9. The van der Waals surface area contributed by atoms with E-state index in [2.05, 4.69) is 16.0 Å². The van der Waals surface area contributed by atoms with Gasteiger partial charge in [-0.3, -0.25) is 0 Å². The molecular weight excluding hydrogens is 274 g/mol. The van der Waals surface area contributed by atoms with Crippen LogP contribution in [0.15, 0.2) is 50.7 Å². The molecule has 5 nitrogen and oxygen atoms in total. The summed E-state index contributed by atoms with van der Waals surface area (Å²) in [5.41, 5.74) is 0.881. The summed E-state index contributed by atoms with van der Waals surface area (Å²) in [6, 6.07) is 9.20. The SMILES string of the molecule is CSc1nc(-c2ccco2)nc(-c2ccco2)c1C#N. The molecule has 0 aliphatic carbocycles. The van der Waals surface area contributed by atoms with Crippen molar-refractivity contribution in [3.05, 3.63) is 42.4 Å². The van der Waals surface area contributed by atoms with Gasteiger partial charge < -0.3 is 8.83 Å². The minimum Gasteiger partial charge on any atom is -0.463 e. The van der Waals surface area contributed by atoms with Gasteiger partial charge in [-0.1, -0.05) is 0 Å². The molecule has 0 fully saturated rings. The molecule has 20 heavy (non-hydrogen) atoms. The fraction of sp³-hybridized carbons (Fsp3) is 0.0714. The van der Waals surface area contributed by atoms with Crippen molar-refractivity contribution in [1.82, 2.24) is 9.97 Å². The Morgan fingerprint density at radius 1 is 1.10 bits per heavy atom. The largest absolute Gasteiger partial charge is 0.463 e. The molecule has 0 saturated heterocycles. The standard InChI is InChI=1S/C14H9N3O2S/c1-20-14-9(8-15)12(10-4-2-6-18-10)16-13(17-14)11-5-3-7-19-11/h2-7H,1H3. The summed E-state index contributed by atoms with van der Waals surface area (Å²) in [5.74, 6) is 1.52. The highest BCUT2D eigenvalue weighted by atomic mass is 32.2. The number of thioether (sulfide) groups is 1. The number of hydrogen-bond donors (Lipinski definition) is 0. The van der Waals surface area contributed by atoms with Crippen LogP contribution in [0.25, 0.3) is 23.0 Å². The summed E-state index contributed by atoms with van der Waals surface area (Å²) in [7, 11) is 0. The smallest absolute Gasteiger partial charge is 0.197 e. The Bertz CT molecular complexity index is 759. The quantitative estimate of drug-likeness (QED) is 0.540. The third-order valence-corrected chi connectivity index (χ3v) is 3.36. The topological polar surface area (TPSA) is 75.8 Å². The molecule has 0 aromatic carbocycles. The van der Waals surface area contributed by atoms with Crippen LogP contribution in [-0.2, 0) is 0 Å². The Balaban J connectivity index is 2.26. The first-order valence-corrected chi connectivity index (χ1v) is 7.00. The number of rotatable bonds is 3. The van der Waals surface area contributed by atoms with Gasteiger partial charge in [0.15, 0.2) is 17.3 Å². The molecule has 3 aromatic rings. The molecule has 0 N–H and O–H groups in total. The maximum absolute atomic E-state index is 9.34. The minimum absolute atomic E-state index is 0.405. The lowest BCUT2D eigenvalue weighted by Crippen LogP contribution is -1.98. The minimum atomic E-state index is 0.405. The van der Waals surface area contributed by atoms with Gasteiger partial charge in [0.05, 0.1) is 12.5 Å². The molecule has 0 saturated carbocycles. The Labute approximate surface area is 119 Å². The van der Waals surface area contributed by atoms with E-state index in [4.69, 9.17) is 8.83 Å². The fourth-order valence-electron chi connectivity index (χ4n) is 1.80. The Morgan fingerprint density at radius 3 is 2.35 bits per heavy atom. The highest BCUT2D eigenvalue weighted by Gasteiger charge is 2.18. The van der Waals surface area contributed by atoms with Gasteiger partial charge in [0.2, 0.25) is 0 Å². The second kappa shape index (κ2) is 5.23. The van der Waals surface area contributed by atoms with Crippen LogP contribution in [0, 0.1) is 11.3 Å². The van der Waals surface area contributed by atoms with Crippen LogP contribution in [-0.4, -0.2) is 16.2 Å². The third-order valence-electron chi connectivity index (χ3n) is 2.68. The molecule has 0 atom stereocenters. The maximum atomic E-state index is 9.34. The van der Waals surface area contributed by atoms with E-state index < -0.39 is 0 Å². The predicted octanol–water partition coefficient (Wildman–Crippen LogP) is 3.59. The van der Waals surface area contributed by atoms with Gasteiger partial charge >= 0.3 is 0 Å². The summed E-state index contributed by atoms with van der Waals surface area (Å²) in [6.45, 7) is 0. The van der Waals surface area contributed by atoms with Crippen LogP contribution in [0.3, 0.4) is 0 Å². The lowest BCUT2D eigenvalue weighted by atomic mass is 10.2. The van der Waals surface area contributed by atoms with Crippen molar-refractivity contribution in [2.24, 2.45) is 0 Å². The molecule has 6 heteroatoms. The summed E-state index contributed by atoms with van der Waals surface area (Å²) in [5, 5.41) is 9.94. The number of nitrogens with zero attached hydrogens (tertiary/aromatic N) is 3. The van der Waals surface area contributed by atoms with Gasteiger partial charge in [-0.15, -0.1) is 11.8 Å². The van der Waals surface area contributed by atoms with Gasteiger partial charge in [-0.2, -0.15) is 5.26 Å². The van der Waals surface area contributed by atoms with Gasteiger partial charge in [-0.05, 0) is 30.5 Å². The van der Waals surface area contributed by atoms with E-state index in [9.17, 15) is 5.26 Å². The number of hydrogen-bond acceptors (Lipinski definition) is 6. The van der Waals surface area contributed by atoms with Gasteiger partial charge in [0.25, 0.3) is 0 Å². The van der Waals surface area contributed by atoms with Crippen molar-refractivity contribution < 1.29 is 8.83 Å². The molecule has 0 aliphatic rings. The van der Waals surface area contributed by atoms with Gasteiger partial charge in [0.1, 0.15) is 22.4 Å². The summed E-state index contributed by atoms with van der Waals surface area (Å²) >= 11 is 1.39. The first kappa shape index (κ1) is 12.5.